The molecule has 132 valence electrons. The highest BCUT2D eigenvalue weighted by Crippen LogP contribution is 2.37. The van der Waals surface area contributed by atoms with Gasteiger partial charge in [-0.25, -0.2) is 4.39 Å². The van der Waals surface area contributed by atoms with Crippen LogP contribution in [0, 0.1) is 11.8 Å². The molecule has 0 amide bonds. The van der Waals surface area contributed by atoms with Gasteiger partial charge in [-0.05, 0) is 23.1 Å². The normalized spacial score (nSPS) is 23.3. The van der Waals surface area contributed by atoms with E-state index < -0.39 is 17.3 Å². The predicted octanol–water partition coefficient (Wildman–Crippen LogP) is 3.36. The Morgan fingerprint density at radius 3 is 2.88 bits per heavy atom. The standard InChI is InChI=1S/C17H15BrF2N2O2S/c1-23-14-6-13(19)15(16(20)21-14)17(9-24-7-12(8-25)22-17)10-3-2-4-11(18)5-10/h2-6,8,12,22H,7,9H2,1H3. The Kier molecular flexibility index (Phi) is 5.43. The number of methoxy groups -OCH3 is 1. The van der Waals surface area contributed by atoms with Gasteiger partial charge in [0.2, 0.25) is 11.8 Å². The monoisotopic (exact) mass is 428 g/mol. The van der Waals surface area contributed by atoms with Gasteiger partial charge in [0.25, 0.3) is 0 Å². The fraction of sp³-hybridized carbons (Fsp3) is 0.294. The molecule has 1 fully saturated rings. The summed E-state index contributed by atoms with van der Waals surface area (Å²) in [7, 11) is 1.30. The van der Waals surface area contributed by atoms with Crippen LogP contribution in [0.5, 0.6) is 5.88 Å². The summed E-state index contributed by atoms with van der Waals surface area (Å²) in [5.41, 5.74) is -0.865. The minimum absolute atomic E-state index is 0.0327. The van der Waals surface area contributed by atoms with Gasteiger partial charge in [0.1, 0.15) is 11.4 Å². The van der Waals surface area contributed by atoms with Crippen LogP contribution in [-0.4, -0.2) is 36.7 Å². The summed E-state index contributed by atoms with van der Waals surface area (Å²) in [6.45, 7) is 0.358. The molecule has 8 heteroatoms. The van der Waals surface area contributed by atoms with E-state index in [0.29, 0.717) is 12.2 Å². The van der Waals surface area contributed by atoms with Gasteiger partial charge >= 0.3 is 0 Å². The molecule has 1 aliphatic heterocycles. The number of morpholine rings is 1. The van der Waals surface area contributed by atoms with Gasteiger partial charge in [-0.15, -0.1) is 0 Å². The molecule has 1 N–H and O–H groups in total. The topological polar surface area (TPSA) is 43.4 Å². The first-order valence-corrected chi connectivity index (χ1v) is 8.74. The van der Waals surface area contributed by atoms with Crippen molar-refractivity contribution < 1.29 is 18.3 Å². The van der Waals surface area contributed by atoms with E-state index in [0.717, 1.165) is 10.5 Å². The zero-order valence-corrected chi connectivity index (χ0v) is 15.7. The number of halogens is 3. The van der Waals surface area contributed by atoms with Crippen molar-refractivity contribution in [1.29, 1.82) is 0 Å². The molecule has 2 unspecified atom stereocenters. The lowest BCUT2D eigenvalue weighted by Gasteiger charge is -2.42. The van der Waals surface area contributed by atoms with Crippen molar-refractivity contribution in [2.75, 3.05) is 20.3 Å². The van der Waals surface area contributed by atoms with Gasteiger partial charge in [0.15, 0.2) is 0 Å². The SMILES string of the molecule is COc1cc(F)c(C2(c3cccc(Br)c3)COCC(C=S)N2)c(F)n1. The molecule has 1 aliphatic rings. The van der Waals surface area contributed by atoms with Crippen LogP contribution in [0.15, 0.2) is 34.8 Å². The number of thiocarbonyl (C=S) groups is 1. The van der Waals surface area contributed by atoms with Crippen LogP contribution in [0.2, 0.25) is 0 Å². The zero-order valence-electron chi connectivity index (χ0n) is 13.3. The van der Waals surface area contributed by atoms with E-state index in [1.807, 2.05) is 6.07 Å². The van der Waals surface area contributed by atoms with Gasteiger partial charge in [-0.3, -0.25) is 5.32 Å². The highest BCUT2D eigenvalue weighted by atomic mass is 79.9. The molecule has 3 rings (SSSR count). The van der Waals surface area contributed by atoms with E-state index >= 15 is 0 Å². The van der Waals surface area contributed by atoms with Gasteiger partial charge < -0.3 is 9.47 Å². The van der Waals surface area contributed by atoms with Crippen molar-refractivity contribution in [2.24, 2.45) is 0 Å². The molecule has 4 nitrogen and oxygen atoms in total. The summed E-state index contributed by atoms with van der Waals surface area (Å²) in [4.78, 5) is 3.70. The number of ether oxygens (including phenoxy) is 2. The quantitative estimate of drug-likeness (QED) is 0.597. The largest absolute Gasteiger partial charge is 0.481 e. The summed E-state index contributed by atoms with van der Waals surface area (Å²) in [5.74, 6) is -1.87. The average Bonchev–Trinajstić information content (AvgIpc) is 2.61. The molecule has 25 heavy (non-hydrogen) atoms. The van der Waals surface area contributed by atoms with Crippen LogP contribution >= 0.6 is 28.1 Å². The van der Waals surface area contributed by atoms with Crippen molar-refractivity contribution in [3.05, 3.63) is 57.7 Å². The number of nitrogens with one attached hydrogen (secondary N) is 1. The molecule has 2 heterocycles. The molecular formula is C17H15BrF2N2O2S. The Morgan fingerprint density at radius 2 is 2.24 bits per heavy atom. The molecule has 0 radical (unpaired) electrons. The molecule has 1 saturated heterocycles. The summed E-state index contributed by atoms with van der Waals surface area (Å²) >= 11 is 8.40. The van der Waals surface area contributed by atoms with Crippen LogP contribution in [0.4, 0.5) is 8.78 Å². The van der Waals surface area contributed by atoms with E-state index in [1.165, 1.54) is 12.5 Å². The minimum atomic E-state index is -1.27. The number of hydrogen-bond donors (Lipinski definition) is 1. The number of benzene rings is 1. The minimum Gasteiger partial charge on any atom is -0.481 e. The van der Waals surface area contributed by atoms with Crippen molar-refractivity contribution in [3.8, 4) is 5.88 Å². The third-order valence-corrected chi connectivity index (χ3v) is 4.89. The van der Waals surface area contributed by atoms with Crippen molar-refractivity contribution in [3.63, 3.8) is 0 Å². The van der Waals surface area contributed by atoms with Gasteiger partial charge in [-0.1, -0.05) is 40.3 Å². The number of aromatic nitrogens is 1. The maximum absolute atomic E-state index is 14.8. The number of rotatable bonds is 4. The third kappa shape index (κ3) is 3.44. The highest BCUT2D eigenvalue weighted by molar-refractivity contribution is 9.10. The van der Waals surface area contributed by atoms with Crippen LogP contribution in [-0.2, 0) is 10.3 Å². The van der Waals surface area contributed by atoms with Crippen molar-refractivity contribution in [1.82, 2.24) is 10.3 Å². The molecule has 2 atom stereocenters. The first-order valence-electron chi connectivity index (χ1n) is 7.47. The van der Waals surface area contributed by atoms with Gasteiger partial charge in [0.05, 0.1) is 31.9 Å². The zero-order chi connectivity index (χ0) is 18.0. The second-order valence-electron chi connectivity index (χ2n) is 5.63. The second-order valence-corrected chi connectivity index (χ2v) is 6.82. The van der Waals surface area contributed by atoms with Crippen LogP contribution < -0.4 is 10.1 Å². The number of pyridine rings is 1. The van der Waals surface area contributed by atoms with E-state index in [9.17, 15) is 8.78 Å². The van der Waals surface area contributed by atoms with Crippen LogP contribution in [0.1, 0.15) is 11.1 Å². The smallest absolute Gasteiger partial charge is 0.224 e. The summed E-state index contributed by atoms with van der Waals surface area (Å²) in [6.07, 6.45) is 0. The molecular weight excluding hydrogens is 414 g/mol. The number of nitrogens with zero attached hydrogens (tertiary/aromatic N) is 1. The van der Waals surface area contributed by atoms with E-state index in [-0.39, 0.29) is 24.1 Å². The first-order chi connectivity index (χ1) is 12.0. The second kappa shape index (κ2) is 7.41. The maximum atomic E-state index is 14.8. The van der Waals surface area contributed by atoms with E-state index in [4.69, 9.17) is 21.7 Å². The third-order valence-electron chi connectivity index (χ3n) is 4.07. The molecule has 0 saturated carbocycles. The predicted molar refractivity (Wildman–Crippen MR) is 97.0 cm³/mol. The first kappa shape index (κ1) is 18.3. The highest BCUT2D eigenvalue weighted by Gasteiger charge is 2.44. The Bertz CT molecular complexity index is 785. The Hall–Kier alpha value is -1.48. The summed E-state index contributed by atoms with van der Waals surface area (Å²) in [5, 5.41) is 4.71. The summed E-state index contributed by atoms with van der Waals surface area (Å²) in [6, 6.07) is 7.89. The fourth-order valence-electron chi connectivity index (χ4n) is 2.97. The van der Waals surface area contributed by atoms with Gasteiger partial charge in [0, 0.05) is 10.5 Å². The van der Waals surface area contributed by atoms with E-state index in [1.54, 1.807) is 18.2 Å². The Balaban J connectivity index is 2.24. The fourth-order valence-corrected chi connectivity index (χ4v) is 3.52. The lowest BCUT2D eigenvalue weighted by atomic mass is 9.82. The Morgan fingerprint density at radius 1 is 1.44 bits per heavy atom. The molecule has 2 aromatic rings. The molecule has 1 aromatic carbocycles. The Labute approximate surface area is 157 Å². The lowest BCUT2D eigenvalue weighted by molar-refractivity contribution is 0.0277. The molecule has 0 spiro atoms. The molecule has 0 aliphatic carbocycles. The summed E-state index contributed by atoms with van der Waals surface area (Å²) < 4.78 is 40.9. The van der Waals surface area contributed by atoms with E-state index in [2.05, 4.69) is 26.2 Å². The van der Waals surface area contributed by atoms with Crippen molar-refractivity contribution in [2.45, 2.75) is 11.6 Å². The number of hydrogen-bond acceptors (Lipinski definition) is 5. The van der Waals surface area contributed by atoms with Crippen LogP contribution in [0.3, 0.4) is 0 Å². The van der Waals surface area contributed by atoms with Crippen molar-refractivity contribution >= 4 is 33.5 Å². The molecule has 1 aromatic heterocycles. The molecule has 0 bridgehead atoms. The maximum Gasteiger partial charge on any atom is 0.224 e. The lowest BCUT2D eigenvalue weighted by Crippen LogP contribution is -2.58. The van der Waals surface area contributed by atoms with Gasteiger partial charge in [-0.2, -0.15) is 9.37 Å². The average molecular weight is 429 g/mol. The van der Waals surface area contributed by atoms with Crippen LogP contribution in [0.25, 0.3) is 0 Å².